The second-order valence-electron chi connectivity index (χ2n) is 6.28. The summed E-state index contributed by atoms with van der Waals surface area (Å²) < 4.78 is 16.5. The Kier molecular flexibility index (Phi) is 5.30. The SMILES string of the molecule is C=C1/C(=C\C=C(/C)Oc2ccnc(C(=O)NC)c2)O[C@H]2[C@@H]1[C@@H]2C(=O)OCC. The van der Waals surface area contributed by atoms with Crippen LogP contribution in [0.5, 0.6) is 5.75 Å². The van der Waals surface area contributed by atoms with E-state index in [1.165, 1.54) is 6.20 Å². The quantitative estimate of drug-likeness (QED) is 0.611. The normalized spacial score (nSPS) is 24.9. The predicted octanol–water partition coefficient (Wildman–Crippen LogP) is 2.37. The molecule has 27 heavy (non-hydrogen) atoms. The third-order valence-corrected chi connectivity index (χ3v) is 4.43. The lowest BCUT2D eigenvalue weighted by Gasteiger charge is -2.09. The molecule has 2 fully saturated rings. The first-order valence-electron chi connectivity index (χ1n) is 8.73. The summed E-state index contributed by atoms with van der Waals surface area (Å²) >= 11 is 0. The van der Waals surface area contributed by atoms with Crippen molar-refractivity contribution in [1.82, 2.24) is 10.3 Å². The van der Waals surface area contributed by atoms with Crippen LogP contribution in [0.4, 0.5) is 0 Å². The van der Waals surface area contributed by atoms with Crippen molar-refractivity contribution >= 4 is 11.9 Å². The van der Waals surface area contributed by atoms with Gasteiger partial charge in [-0.3, -0.25) is 14.6 Å². The number of esters is 1. The van der Waals surface area contributed by atoms with E-state index in [0.717, 1.165) is 5.57 Å². The summed E-state index contributed by atoms with van der Waals surface area (Å²) in [5.41, 5.74) is 1.08. The number of pyridine rings is 1. The Labute approximate surface area is 157 Å². The van der Waals surface area contributed by atoms with Crippen LogP contribution in [-0.2, 0) is 14.3 Å². The van der Waals surface area contributed by atoms with Crippen molar-refractivity contribution in [2.24, 2.45) is 11.8 Å². The van der Waals surface area contributed by atoms with Gasteiger partial charge in [-0.1, -0.05) is 6.58 Å². The highest BCUT2D eigenvalue weighted by atomic mass is 16.5. The molecule has 2 aliphatic rings. The zero-order valence-electron chi connectivity index (χ0n) is 15.5. The molecule has 0 spiro atoms. The van der Waals surface area contributed by atoms with Gasteiger partial charge in [0.2, 0.25) is 0 Å². The fourth-order valence-electron chi connectivity index (χ4n) is 3.04. The van der Waals surface area contributed by atoms with Crippen molar-refractivity contribution in [3.8, 4) is 5.75 Å². The molecule has 1 aromatic heterocycles. The monoisotopic (exact) mass is 370 g/mol. The van der Waals surface area contributed by atoms with Crippen LogP contribution >= 0.6 is 0 Å². The zero-order valence-corrected chi connectivity index (χ0v) is 15.5. The van der Waals surface area contributed by atoms with Gasteiger partial charge in [0.25, 0.3) is 5.91 Å². The van der Waals surface area contributed by atoms with E-state index in [0.29, 0.717) is 23.9 Å². The summed E-state index contributed by atoms with van der Waals surface area (Å²) in [4.78, 5) is 27.4. The van der Waals surface area contributed by atoms with E-state index in [9.17, 15) is 9.59 Å². The Morgan fingerprint density at radius 2 is 2.22 bits per heavy atom. The highest BCUT2D eigenvalue weighted by Gasteiger charge is 2.64. The molecule has 1 saturated heterocycles. The van der Waals surface area contributed by atoms with Crippen LogP contribution < -0.4 is 10.1 Å². The van der Waals surface area contributed by atoms with E-state index in [1.807, 2.05) is 0 Å². The van der Waals surface area contributed by atoms with Crippen molar-refractivity contribution in [3.05, 3.63) is 59.8 Å². The minimum absolute atomic E-state index is 0.000219. The van der Waals surface area contributed by atoms with Crippen LogP contribution in [0.1, 0.15) is 24.3 Å². The first-order chi connectivity index (χ1) is 13.0. The maximum Gasteiger partial charge on any atom is 0.313 e. The van der Waals surface area contributed by atoms with E-state index in [2.05, 4.69) is 16.9 Å². The average Bonchev–Trinajstić information content (AvgIpc) is 3.29. The van der Waals surface area contributed by atoms with Gasteiger partial charge in [-0.25, -0.2) is 0 Å². The zero-order chi connectivity index (χ0) is 19.6. The van der Waals surface area contributed by atoms with Gasteiger partial charge in [-0.2, -0.15) is 0 Å². The van der Waals surface area contributed by atoms with Gasteiger partial charge >= 0.3 is 5.97 Å². The highest BCUT2D eigenvalue weighted by Crippen LogP contribution is 2.56. The van der Waals surface area contributed by atoms with Gasteiger partial charge in [0.15, 0.2) is 0 Å². The number of aromatic nitrogens is 1. The second kappa shape index (κ2) is 7.65. The van der Waals surface area contributed by atoms with Gasteiger partial charge in [0, 0.05) is 25.2 Å². The van der Waals surface area contributed by atoms with Crippen molar-refractivity contribution < 1.29 is 23.8 Å². The molecule has 1 aliphatic carbocycles. The third kappa shape index (κ3) is 3.86. The minimum Gasteiger partial charge on any atom is -0.489 e. The van der Waals surface area contributed by atoms with Gasteiger partial charge in [-0.05, 0) is 37.6 Å². The maximum absolute atomic E-state index is 11.8. The number of carbonyl (C=O) groups excluding carboxylic acids is 2. The van der Waals surface area contributed by atoms with E-state index in [-0.39, 0.29) is 35.5 Å². The lowest BCUT2D eigenvalue weighted by molar-refractivity contribution is -0.145. The van der Waals surface area contributed by atoms with E-state index in [4.69, 9.17) is 14.2 Å². The lowest BCUT2D eigenvalue weighted by Crippen LogP contribution is -2.19. The Morgan fingerprint density at radius 3 is 2.85 bits per heavy atom. The van der Waals surface area contributed by atoms with Crippen LogP contribution in [0.3, 0.4) is 0 Å². The fourth-order valence-corrected chi connectivity index (χ4v) is 3.04. The molecule has 0 bridgehead atoms. The summed E-state index contributed by atoms with van der Waals surface area (Å²) in [5, 5.41) is 2.52. The molecule has 1 amide bonds. The third-order valence-electron chi connectivity index (χ3n) is 4.43. The summed E-state index contributed by atoms with van der Waals surface area (Å²) in [6.45, 7) is 7.96. The second-order valence-corrected chi connectivity index (χ2v) is 6.28. The molecule has 0 aromatic carbocycles. The topological polar surface area (TPSA) is 86.8 Å². The molecule has 7 nitrogen and oxygen atoms in total. The first-order valence-corrected chi connectivity index (χ1v) is 8.73. The molecule has 2 heterocycles. The average molecular weight is 370 g/mol. The van der Waals surface area contributed by atoms with Crippen LogP contribution in [0.15, 0.2) is 54.2 Å². The molecule has 1 N–H and O–H groups in total. The molecule has 3 atom stereocenters. The molecular weight excluding hydrogens is 348 g/mol. The van der Waals surface area contributed by atoms with Gasteiger partial charge in [-0.15, -0.1) is 0 Å². The van der Waals surface area contributed by atoms with Crippen LogP contribution in [0.25, 0.3) is 0 Å². The molecule has 1 saturated carbocycles. The number of allylic oxidation sites excluding steroid dienone is 4. The summed E-state index contributed by atoms with van der Waals surface area (Å²) in [6.07, 6.45) is 4.86. The standard InChI is InChI=1S/C20H22N2O5/c1-5-25-20(24)17-16-12(3)15(27-18(16)17)7-6-11(2)26-13-8-9-22-14(10-13)19(23)21-4/h6-10,16-18H,3,5H2,1-2,4H3,(H,21,23)/b11-6+,15-7+/t16-,17-,18-/m0/s1. The van der Waals surface area contributed by atoms with E-state index < -0.39 is 0 Å². The summed E-state index contributed by atoms with van der Waals surface area (Å²) in [6, 6.07) is 3.23. The fraction of sp³-hybridized carbons (Fsp3) is 0.350. The van der Waals surface area contributed by atoms with Crippen LogP contribution in [-0.4, -0.2) is 36.6 Å². The van der Waals surface area contributed by atoms with E-state index in [1.54, 1.807) is 45.2 Å². The highest BCUT2D eigenvalue weighted by molar-refractivity contribution is 5.92. The Balaban J connectivity index is 1.61. The van der Waals surface area contributed by atoms with Crippen molar-refractivity contribution in [3.63, 3.8) is 0 Å². The summed E-state index contributed by atoms with van der Waals surface area (Å²) in [5.74, 6) is 1.01. The number of ether oxygens (including phenoxy) is 3. The largest absolute Gasteiger partial charge is 0.489 e. The number of hydrogen-bond acceptors (Lipinski definition) is 6. The maximum atomic E-state index is 11.8. The molecule has 1 aromatic rings. The Morgan fingerprint density at radius 1 is 1.44 bits per heavy atom. The first kappa shape index (κ1) is 18.7. The predicted molar refractivity (Wildman–Crippen MR) is 97.7 cm³/mol. The molecule has 0 radical (unpaired) electrons. The summed E-state index contributed by atoms with van der Waals surface area (Å²) in [7, 11) is 1.54. The lowest BCUT2D eigenvalue weighted by atomic mass is 10.1. The van der Waals surface area contributed by atoms with Gasteiger partial charge < -0.3 is 19.5 Å². The Hall–Kier alpha value is -3.09. The molecule has 0 unspecified atom stereocenters. The van der Waals surface area contributed by atoms with Crippen molar-refractivity contribution in [2.45, 2.75) is 20.0 Å². The minimum atomic E-state index is -0.282. The molecule has 1 aliphatic heterocycles. The molecule has 3 rings (SSSR count). The van der Waals surface area contributed by atoms with Gasteiger partial charge in [0.1, 0.15) is 35.0 Å². The Bertz CT molecular complexity index is 843. The number of nitrogens with one attached hydrogen (secondary N) is 1. The van der Waals surface area contributed by atoms with Crippen LogP contribution in [0, 0.1) is 11.8 Å². The smallest absolute Gasteiger partial charge is 0.313 e. The number of amides is 1. The van der Waals surface area contributed by atoms with Crippen molar-refractivity contribution in [1.29, 1.82) is 0 Å². The number of hydrogen-bond donors (Lipinski definition) is 1. The van der Waals surface area contributed by atoms with Crippen LogP contribution in [0.2, 0.25) is 0 Å². The van der Waals surface area contributed by atoms with Crippen molar-refractivity contribution in [2.75, 3.05) is 13.7 Å². The number of fused-ring (bicyclic) bond motifs is 1. The number of rotatable bonds is 6. The molecule has 142 valence electrons. The molecular formula is C20H22N2O5. The van der Waals surface area contributed by atoms with E-state index >= 15 is 0 Å². The number of nitrogens with zero attached hydrogens (tertiary/aromatic N) is 1. The van der Waals surface area contributed by atoms with Gasteiger partial charge in [0.05, 0.1) is 6.61 Å². The number of carbonyl (C=O) groups is 2. The molecule has 7 heteroatoms.